The summed E-state index contributed by atoms with van der Waals surface area (Å²) in [5.41, 5.74) is 8.96. The standard InChI is InChI=1S/C20H29FN4O.ClH/c1-6-24(7-2)19-14(5)18(23-25(20(19)26)12-13(3)4)15-8-9-17(21)16(10-15)11-22;/h8-10,13H,6-7,11-12,22H2,1-5H3;1H. The number of nitrogens with two attached hydrogens (primary N) is 1. The Labute approximate surface area is 166 Å². The summed E-state index contributed by atoms with van der Waals surface area (Å²) >= 11 is 0. The Morgan fingerprint density at radius 1 is 1.26 bits per heavy atom. The zero-order valence-corrected chi connectivity index (χ0v) is 17.6. The summed E-state index contributed by atoms with van der Waals surface area (Å²) in [5.74, 6) is -0.0403. The van der Waals surface area contributed by atoms with Gasteiger partial charge in [0.15, 0.2) is 0 Å². The third kappa shape index (κ3) is 4.87. The summed E-state index contributed by atoms with van der Waals surface area (Å²) in [6.45, 7) is 12.2. The van der Waals surface area contributed by atoms with E-state index in [0.717, 1.165) is 24.2 Å². The van der Waals surface area contributed by atoms with E-state index in [2.05, 4.69) is 18.9 Å². The van der Waals surface area contributed by atoms with Crippen molar-refractivity contribution >= 4 is 18.1 Å². The second-order valence-electron chi connectivity index (χ2n) is 6.89. The number of aromatic nitrogens is 2. The first kappa shape index (κ1) is 23.1. The number of hydrogen-bond donors (Lipinski definition) is 1. The number of anilines is 1. The number of rotatable bonds is 7. The lowest BCUT2D eigenvalue weighted by atomic mass is 10.0. The summed E-state index contributed by atoms with van der Waals surface area (Å²) in [4.78, 5) is 15.1. The van der Waals surface area contributed by atoms with Crippen LogP contribution in [0.3, 0.4) is 0 Å². The molecule has 5 nitrogen and oxygen atoms in total. The molecule has 0 fully saturated rings. The van der Waals surface area contributed by atoms with E-state index >= 15 is 0 Å². The van der Waals surface area contributed by atoms with Crippen LogP contribution in [0.1, 0.15) is 38.8 Å². The van der Waals surface area contributed by atoms with E-state index in [1.54, 1.807) is 12.1 Å². The van der Waals surface area contributed by atoms with Gasteiger partial charge in [0.05, 0.1) is 5.69 Å². The van der Waals surface area contributed by atoms with Gasteiger partial charge in [-0.05, 0) is 44.9 Å². The molecule has 150 valence electrons. The van der Waals surface area contributed by atoms with E-state index in [0.29, 0.717) is 23.5 Å². The molecule has 1 heterocycles. The van der Waals surface area contributed by atoms with E-state index in [4.69, 9.17) is 5.73 Å². The third-order valence-corrected chi connectivity index (χ3v) is 4.52. The Bertz CT molecular complexity index is 831. The Morgan fingerprint density at radius 3 is 2.41 bits per heavy atom. The van der Waals surface area contributed by atoms with Gasteiger partial charge in [-0.2, -0.15) is 5.10 Å². The zero-order chi connectivity index (χ0) is 19.4. The Morgan fingerprint density at radius 2 is 1.89 bits per heavy atom. The first-order valence-electron chi connectivity index (χ1n) is 9.19. The molecule has 0 aliphatic rings. The maximum atomic E-state index is 13.9. The summed E-state index contributed by atoms with van der Waals surface area (Å²) in [6, 6.07) is 4.83. The topological polar surface area (TPSA) is 64.2 Å². The first-order chi connectivity index (χ1) is 12.3. The molecule has 0 unspecified atom stereocenters. The van der Waals surface area contributed by atoms with E-state index in [1.807, 2.05) is 25.7 Å². The largest absolute Gasteiger partial charge is 0.367 e. The number of halogens is 2. The highest BCUT2D eigenvalue weighted by molar-refractivity contribution is 5.85. The van der Waals surface area contributed by atoms with Crippen molar-refractivity contribution < 1.29 is 4.39 Å². The quantitative estimate of drug-likeness (QED) is 0.774. The molecule has 0 aliphatic heterocycles. The van der Waals surface area contributed by atoms with Crippen LogP contribution in [0.5, 0.6) is 0 Å². The zero-order valence-electron chi connectivity index (χ0n) is 16.8. The number of benzene rings is 1. The SMILES string of the molecule is CCN(CC)c1c(C)c(-c2ccc(F)c(CN)c2)nn(CC(C)C)c1=O.Cl. The maximum Gasteiger partial charge on any atom is 0.290 e. The Kier molecular flexibility index (Phi) is 8.44. The second-order valence-corrected chi connectivity index (χ2v) is 6.89. The molecule has 2 N–H and O–H groups in total. The minimum Gasteiger partial charge on any atom is -0.367 e. The lowest BCUT2D eigenvalue weighted by molar-refractivity contribution is 0.464. The van der Waals surface area contributed by atoms with Gasteiger partial charge in [0.2, 0.25) is 0 Å². The Balaban J connectivity index is 0.00000364. The van der Waals surface area contributed by atoms with Gasteiger partial charge in [-0.3, -0.25) is 4.79 Å². The fourth-order valence-corrected chi connectivity index (χ4v) is 3.17. The smallest absolute Gasteiger partial charge is 0.290 e. The molecule has 0 radical (unpaired) electrons. The monoisotopic (exact) mass is 396 g/mol. The summed E-state index contributed by atoms with van der Waals surface area (Å²) in [7, 11) is 0. The van der Waals surface area contributed by atoms with Gasteiger partial charge < -0.3 is 10.6 Å². The molecule has 0 saturated heterocycles. The van der Waals surface area contributed by atoms with Crippen LogP contribution in [-0.4, -0.2) is 22.9 Å². The second kappa shape index (κ2) is 9.85. The van der Waals surface area contributed by atoms with Crippen molar-refractivity contribution in [2.45, 2.75) is 47.7 Å². The van der Waals surface area contributed by atoms with Crippen molar-refractivity contribution in [2.24, 2.45) is 11.7 Å². The predicted octanol–water partition coefficient (Wildman–Crippen LogP) is 3.74. The van der Waals surface area contributed by atoms with Crippen LogP contribution < -0.4 is 16.2 Å². The summed E-state index contributed by atoms with van der Waals surface area (Å²) in [6.07, 6.45) is 0. The van der Waals surface area contributed by atoms with Gasteiger partial charge in [0.25, 0.3) is 5.56 Å². The van der Waals surface area contributed by atoms with Crippen LogP contribution in [0.4, 0.5) is 10.1 Å². The third-order valence-electron chi connectivity index (χ3n) is 4.52. The molecule has 0 amide bonds. The molecule has 1 aromatic carbocycles. The highest BCUT2D eigenvalue weighted by Crippen LogP contribution is 2.28. The van der Waals surface area contributed by atoms with Gasteiger partial charge in [-0.1, -0.05) is 13.8 Å². The Hall–Kier alpha value is -1.92. The molecule has 0 spiro atoms. The minimum atomic E-state index is -0.326. The lowest BCUT2D eigenvalue weighted by Gasteiger charge is -2.25. The van der Waals surface area contributed by atoms with Crippen LogP contribution in [0.2, 0.25) is 0 Å². The summed E-state index contributed by atoms with van der Waals surface area (Å²) < 4.78 is 15.4. The molecule has 27 heavy (non-hydrogen) atoms. The van der Waals surface area contributed by atoms with Gasteiger partial charge in [-0.15, -0.1) is 12.4 Å². The number of hydrogen-bond acceptors (Lipinski definition) is 4. The molecular formula is C20H30ClFN4O. The predicted molar refractivity (Wildman–Crippen MR) is 112 cm³/mol. The molecule has 0 aliphatic carbocycles. The molecule has 0 saturated carbocycles. The van der Waals surface area contributed by atoms with Crippen LogP contribution in [0.15, 0.2) is 23.0 Å². The van der Waals surface area contributed by atoms with Crippen molar-refractivity contribution in [3.05, 3.63) is 45.5 Å². The number of nitrogens with zero attached hydrogens (tertiary/aromatic N) is 3. The van der Waals surface area contributed by atoms with E-state index in [9.17, 15) is 9.18 Å². The van der Waals surface area contributed by atoms with E-state index in [1.165, 1.54) is 10.7 Å². The molecule has 2 rings (SSSR count). The van der Waals surface area contributed by atoms with E-state index < -0.39 is 0 Å². The molecule has 2 aromatic rings. The fourth-order valence-electron chi connectivity index (χ4n) is 3.17. The van der Waals surface area contributed by atoms with Gasteiger partial charge in [-0.25, -0.2) is 9.07 Å². The summed E-state index contributed by atoms with van der Waals surface area (Å²) in [5, 5.41) is 4.61. The van der Waals surface area contributed by atoms with Crippen molar-refractivity contribution in [1.82, 2.24) is 9.78 Å². The van der Waals surface area contributed by atoms with Crippen molar-refractivity contribution in [3.63, 3.8) is 0 Å². The minimum absolute atomic E-state index is 0. The van der Waals surface area contributed by atoms with Gasteiger partial charge in [0, 0.05) is 42.9 Å². The molecular weight excluding hydrogens is 367 g/mol. The van der Waals surface area contributed by atoms with Gasteiger partial charge in [0.1, 0.15) is 11.5 Å². The van der Waals surface area contributed by atoms with Crippen LogP contribution in [-0.2, 0) is 13.1 Å². The van der Waals surface area contributed by atoms with E-state index in [-0.39, 0.29) is 36.2 Å². The lowest BCUT2D eigenvalue weighted by Crippen LogP contribution is -2.35. The van der Waals surface area contributed by atoms with Gasteiger partial charge >= 0.3 is 0 Å². The maximum absolute atomic E-state index is 13.9. The molecule has 1 aromatic heterocycles. The van der Waals surface area contributed by atoms with Crippen molar-refractivity contribution in [1.29, 1.82) is 0 Å². The average Bonchev–Trinajstić information content (AvgIpc) is 2.61. The van der Waals surface area contributed by atoms with Crippen LogP contribution >= 0.6 is 12.4 Å². The molecule has 7 heteroatoms. The highest BCUT2D eigenvalue weighted by Gasteiger charge is 2.20. The molecule has 0 bridgehead atoms. The van der Waals surface area contributed by atoms with Crippen molar-refractivity contribution in [2.75, 3.05) is 18.0 Å². The van der Waals surface area contributed by atoms with Crippen LogP contribution in [0, 0.1) is 18.7 Å². The van der Waals surface area contributed by atoms with Crippen molar-refractivity contribution in [3.8, 4) is 11.3 Å². The van der Waals surface area contributed by atoms with Crippen LogP contribution in [0.25, 0.3) is 11.3 Å². The molecule has 0 atom stereocenters. The first-order valence-corrected chi connectivity index (χ1v) is 9.19. The highest BCUT2D eigenvalue weighted by atomic mass is 35.5. The normalized spacial score (nSPS) is 10.8. The average molecular weight is 397 g/mol. The fraction of sp³-hybridized carbons (Fsp3) is 0.500.